The Balaban J connectivity index is 1.55. The predicted molar refractivity (Wildman–Crippen MR) is 131 cm³/mol. The van der Waals surface area contributed by atoms with Gasteiger partial charge in [-0.3, -0.25) is 14.5 Å². The fourth-order valence-corrected chi connectivity index (χ4v) is 5.28. The molecule has 2 heterocycles. The molecular formula is C27H35FN4O2. The summed E-state index contributed by atoms with van der Waals surface area (Å²) in [5.41, 5.74) is 1.08. The fourth-order valence-electron chi connectivity index (χ4n) is 5.28. The molecule has 0 radical (unpaired) electrons. The summed E-state index contributed by atoms with van der Waals surface area (Å²) in [6.07, 6.45) is 1.76. The summed E-state index contributed by atoms with van der Waals surface area (Å²) in [7, 11) is 3.70. The third kappa shape index (κ3) is 5.31. The van der Waals surface area contributed by atoms with Crippen LogP contribution in [0.3, 0.4) is 0 Å². The summed E-state index contributed by atoms with van der Waals surface area (Å²) in [6.45, 7) is 3.79. The lowest BCUT2D eigenvalue weighted by Crippen LogP contribution is -2.62. The van der Waals surface area contributed by atoms with Crippen LogP contribution in [0, 0.1) is 11.2 Å². The first-order valence-corrected chi connectivity index (χ1v) is 12.1. The van der Waals surface area contributed by atoms with Gasteiger partial charge in [0.2, 0.25) is 11.8 Å². The maximum absolute atomic E-state index is 14.6. The highest BCUT2D eigenvalue weighted by atomic mass is 19.1. The topological polar surface area (TPSA) is 55.9 Å². The summed E-state index contributed by atoms with van der Waals surface area (Å²) < 4.78 is 14.6. The molecule has 1 atom stereocenters. The SMILES string of the molecule is CNC(=O)C1CN(C(=O)C2(Cc3ccccc3F)CCN(C)CC2)CCN1Cc1ccccc1. The van der Waals surface area contributed by atoms with Crippen molar-refractivity contribution < 1.29 is 14.0 Å². The third-order valence-corrected chi connectivity index (χ3v) is 7.44. The van der Waals surface area contributed by atoms with Gasteiger partial charge in [-0.1, -0.05) is 48.5 Å². The van der Waals surface area contributed by atoms with Crippen LogP contribution in [0.15, 0.2) is 54.6 Å². The van der Waals surface area contributed by atoms with Crippen molar-refractivity contribution in [3.8, 4) is 0 Å². The van der Waals surface area contributed by atoms with E-state index in [-0.39, 0.29) is 17.6 Å². The average molecular weight is 467 g/mol. The molecule has 1 N–H and O–H groups in total. The van der Waals surface area contributed by atoms with E-state index in [4.69, 9.17) is 0 Å². The Hall–Kier alpha value is -2.77. The zero-order chi connectivity index (χ0) is 24.1. The van der Waals surface area contributed by atoms with E-state index in [2.05, 4.69) is 34.3 Å². The van der Waals surface area contributed by atoms with Crippen molar-refractivity contribution in [2.45, 2.75) is 31.8 Å². The number of piperidine rings is 1. The molecule has 2 saturated heterocycles. The lowest BCUT2D eigenvalue weighted by atomic mass is 9.72. The number of hydrogen-bond acceptors (Lipinski definition) is 4. The summed E-state index contributed by atoms with van der Waals surface area (Å²) in [4.78, 5) is 33.1. The lowest BCUT2D eigenvalue weighted by Gasteiger charge is -2.46. The van der Waals surface area contributed by atoms with Crippen molar-refractivity contribution in [3.05, 3.63) is 71.5 Å². The Morgan fingerprint density at radius 2 is 1.68 bits per heavy atom. The maximum atomic E-state index is 14.6. The monoisotopic (exact) mass is 466 g/mol. The Morgan fingerprint density at radius 1 is 1.00 bits per heavy atom. The summed E-state index contributed by atoms with van der Waals surface area (Å²) in [5, 5.41) is 2.78. The number of nitrogens with one attached hydrogen (secondary N) is 1. The Morgan fingerprint density at radius 3 is 2.35 bits per heavy atom. The number of carbonyl (C=O) groups excluding carboxylic acids is 2. The summed E-state index contributed by atoms with van der Waals surface area (Å²) >= 11 is 0. The second-order valence-corrected chi connectivity index (χ2v) is 9.69. The molecule has 2 aliphatic heterocycles. The van der Waals surface area contributed by atoms with E-state index in [0.29, 0.717) is 51.0 Å². The van der Waals surface area contributed by atoms with Gasteiger partial charge < -0.3 is 15.1 Å². The molecule has 0 aromatic heterocycles. The van der Waals surface area contributed by atoms with Crippen LogP contribution in [0.2, 0.25) is 0 Å². The summed E-state index contributed by atoms with van der Waals surface area (Å²) in [5.74, 6) is -0.290. The molecule has 0 aliphatic carbocycles. The second-order valence-electron chi connectivity index (χ2n) is 9.69. The molecule has 0 spiro atoms. The number of benzene rings is 2. The van der Waals surface area contributed by atoms with E-state index in [1.54, 1.807) is 19.2 Å². The highest BCUT2D eigenvalue weighted by molar-refractivity contribution is 5.86. The van der Waals surface area contributed by atoms with Gasteiger partial charge in [0.05, 0.1) is 5.41 Å². The Labute approximate surface area is 201 Å². The molecule has 2 fully saturated rings. The van der Waals surface area contributed by atoms with Gasteiger partial charge in [-0.25, -0.2) is 4.39 Å². The molecule has 2 aromatic carbocycles. The van der Waals surface area contributed by atoms with Crippen molar-refractivity contribution in [2.75, 3.05) is 46.8 Å². The van der Waals surface area contributed by atoms with Crippen molar-refractivity contribution in [1.29, 1.82) is 0 Å². The fraction of sp³-hybridized carbons (Fsp3) is 0.481. The van der Waals surface area contributed by atoms with Crippen molar-refractivity contribution >= 4 is 11.8 Å². The van der Waals surface area contributed by atoms with Gasteiger partial charge in [0.1, 0.15) is 11.9 Å². The molecule has 34 heavy (non-hydrogen) atoms. The minimum Gasteiger partial charge on any atom is -0.358 e. The molecule has 182 valence electrons. The number of hydrogen-bond donors (Lipinski definition) is 1. The van der Waals surface area contributed by atoms with Crippen LogP contribution in [0.4, 0.5) is 4.39 Å². The normalized spacial score (nSPS) is 21.3. The third-order valence-electron chi connectivity index (χ3n) is 7.44. The molecule has 2 amide bonds. The number of halogens is 1. The van der Waals surface area contributed by atoms with Crippen LogP contribution in [0.1, 0.15) is 24.0 Å². The van der Waals surface area contributed by atoms with Gasteiger partial charge in [0.25, 0.3) is 0 Å². The van der Waals surface area contributed by atoms with Crippen LogP contribution in [0.25, 0.3) is 0 Å². The first-order chi connectivity index (χ1) is 16.4. The lowest BCUT2D eigenvalue weighted by molar-refractivity contribution is -0.150. The summed E-state index contributed by atoms with van der Waals surface area (Å²) in [6, 6.07) is 16.4. The number of carbonyl (C=O) groups is 2. The average Bonchev–Trinajstić information content (AvgIpc) is 2.87. The number of amides is 2. The predicted octanol–water partition coefficient (Wildman–Crippen LogP) is 2.54. The second kappa shape index (κ2) is 10.7. The van der Waals surface area contributed by atoms with Gasteiger partial charge in [-0.15, -0.1) is 0 Å². The van der Waals surface area contributed by atoms with E-state index < -0.39 is 11.5 Å². The minimum absolute atomic E-state index is 0.0529. The first kappa shape index (κ1) is 24.4. The standard InChI is InChI=1S/C27H35FN4O2/c1-29-25(33)24-20-32(17-16-31(24)19-21-8-4-3-5-9-21)26(34)27(12-14-30(2)15-13-27)18-22-10-6-7-11-23(22)28/h3-11,24H,12-20H2,1-2H3,(H,29,33). The first-order valence-electron chi connectivity index (χ1n) is 12.1. The Bertz CT molecular complexity index is 991. The molecule has 4 rings (SSSR count). The van der Waals surface area contributed by atoms with E-state index in [1.807, 2.05) is 29.2 Å². The van der Waals surface area contributed by atoms with Crippen molar-refractivity contribution in [2.24, 2.45) is 5.41 Å². The highest BCUT2D eigenvalue weighted by Crippen LogP contribution is 2.38. The van der Waals surface area contributed by atoms with Crippen molar-refractivity contribution in [3.63, 3.8) is 0 Å². The zero-order valence-electron chi connectivity index (χ0n) is 20.2. The van der Waals surface area contributed by atoms with E-state index in [9.17, 15) is 14.0 Å². The number of rotatable bonds is 6. The van der Waals surface area contributed by atoms with Crippen molar-refractivity contribution in [1.82, 2.24) is 20.0 Å². The number of piperazine rings is 1. The molecule has 2 aromatic rings. The van der Waals surface area contributed by atoms with Crippen LogP contribution in [-0.4, -0.2) is 79.4 Å². The molecule has 0 saturated carbocycles. The van der Waals surface area contributed by atoms with Gasteiger partial charge in [-0.05, 0) is 56.6 Å². The number of likely N-dealkylation sites (N-methyl/N-ethyl adjacent to an activating group) is 1. The molecule has 7 heteroatoms. The number of likely N-dealkylation sites (tertiary alicyclic amines) is 1. The molecule has 2 aliphatic rings. The van der Waals surface area contributed by atoms with Gasteiger partial charge >= 0.3 is 0 Å². The van der Waals surface area contributed by atoms with Gasteiger partial charge in [0.15, 0.2) is 0 Å². The van der Waals surface area contributed by atoms with E-state index in [0.717, 1.165) is 18.7 Å². The van der Waals surface area contributed by atoms with E-state index >= 15 is 0 Å². The molecule has 0 bridgehead atoms. The Kier molecular flexibility index (Phi) is 7.63. The highest BCUT2D eigenvalue weighted by Gasteiger charge is 2.45. The van der Waals surface area contributed by atoms with Crippen LogP contribution in [0.5, 0.6) is 0 Å². The van der Waals surface area contributed by atoms with Crippen LogP contribution >= 0.6 is 0 Å². The molecule has 6 nitrogen and oxygen atoms in total. The van der Waals surface area contributed by atoms with E-state index in [1.165, 1.54) is 6.07 Å². The van der Waals surface area contributed by atoms with Crippen LogP contribution in [-0.2, 0) is 22.6 Å². The largest absolute Gasteiger partial charge is 0.358 e. The quantitative estimate of drug-likeness (QED) is 0.711. The zero-order valence-corrected chi connectivity index (χ0v) is 20.2. The minimum atomic E-state index is -0.649. The molecular weight excluding hydrogens is 431 g/mol. The van der Waals surface area contributed by atoms with Gasteiger partial charge in [-0.2, -0.15) is 0 Å². The smallest absolute Gasteiger partial charge is 0.238 e. The number of nitrogens with zero attached hydrogens (tertiary/aromatic N) is 3. The van der Waals surface area contributed by atoms with Gasteiger partial charge in [0, 0.05) is 33.2 Å². The maximum Gasteiger partial charge on any atom is 0.238 e. The molecule has 1 unspecified atom stereocenters. The van der Waals surface area contributed by atoms with Crippen LogP contribution < -0.4 is 5.32 Å².